The first kappa shape index (κ1) is 17.1. The third kappa shape index (κ3) is 1.81. The summed E-state index contributed by atoms with van der Waals surface area (Å²) in [4.78, 5) is 0. The van der Waals surface area contributed by atoms with Crippen molar-refractivity contribution in [2.75, 3.05) is 5.33 Å². The molecule has 0 aromatic heterocycles. The summed E-state index contributed by atoms with van der Waals surface area (Å²) in [5.74, 6) is 4.69. The zero-order valence-corrected chi connectivity index (χ0v) is 17.6. The van der Waals surface area contributed by atoms with E-state index in [1.807, 2.05) is 0 Å². The fraction of sp³-hybridized carbons (Fsp3) is 0.739. The molecule has 0 nitrogen and oxygen atoms in total. The number of hydrogen-bond acceptors (Lipinski definition) is 0. The van der Waals surface area contributed by atoms with Crippen LogP contribution in [-0.2, 0) is 0 Å². The molecule has 1 heteroatoms. The van der Waals surface area contributed by atoms with Crippen molar-refractivity contribution in [1.82, 2.24) is 0 Å². The van der Waals surface area contributed by atoms with Crippen LogP contribution < -0.4 is 0 Å². The van der Waals surface area contributed by atoms with E-state index in [9.17, 15) is 0 Å². The molecule has 0 amide bonds. The summed E-state index contributed by atoms with van der Waals surface area (Å²) in [6.07, 6.45) is 14.4. The van der Waals surface area contributed by atoms with Crippen molar-refractivity contribution in [3.8, 4) is 0 Å². The molecule has 4 aliphatic rings. The van der Waals surface area contributed by atoms with Gasteiger partial charge in [0.25, 0.3) is 0 Å². The Balaban J connectivity index is 1.86. The van der Waals surface area contributed by atoms with Crippen LogP contribution in [0.25, 0.3) is 0 Å². The van der Waals surface area contributed by atoms with E-state index in [-0.39, 0.29) is 0 Å². The van der Waals surface area contributed by atoms with Gasteiger partial charge in [0, 0.05) is 16.2 Å². The molecule has 0 aliphatic heterocycles. The lowest BCUT2D eigenvalue weighted by atomic mass is 9.60. The summed E-state index contributed by atoms with van der Waals surface area (Å²) in [7, 11) is 0. The SMILES string of the molecule is CCC1CC23C(C)=C(C(CBr)C(C)C)C=CC4C(C)CC=CC12C43. The molecule has 0 heterocycles. The summed E-state index contributed by atoms with van der Waals surface area (Å²) >= 11 is 3.82. The number of allylic oxidation sites excluding steroid dienone is 6. The Morgan fingerprint density at radius 3 is 2.71 bits per heavy atom. The molecule has 4 rings (SSSR count). The molecule has 4 aliphatic carbocycles. The maximum Gasteiger partial charge on any atom is 0.0103 e. The fourth-order valence-electron chi connectivity index (χ4n) is 7.08. The Morgan fingerprint density at radius 1 is 1.33 bits per heavy atom. The summed E-state index contributed by atoms with van der Waals surface area (Å²) < 4.78 is 0. The molecule has 24 heavy (non-hydrogen) atoms. The topological polar surface area (TPSA) is 0 Å². The van der Waals surface area contributed by atoms with Crippen LogP contribution in [0.5, 0.6) is 0 Å². The second kappa shape index (κ2) is 5.60. The molecular weight excluding hydrogens is 356 g/mol. The van der Waals surface area contributed by atoms with Crippen LogP contribution >= 0.6 is 15.9 Å². The molecule has 2 spiro atoms. The predicted molar refractivity (Wildman–Crippen MR) is 107 cm³/mol. The van der Waals surface area contributed by atoms with Crippen LogP contribution in [0.2, 0.25) is 0 Å². The van der Waals surface area contributed by atoms with Crippen molar-refractivity contribution < 1.29 is 0 Å². The van der Waals surface area contributed by atoms with Crippen LogP contribution in [0.4, 0.5) is 0 Å². The van der Waals surface area contributed by atoms with E-state index in [0.29, 0.717) is 22.7 Å². The quantitative estimate of drug-likeness (QED) is 0.367. The molecule has 2 fully saturated rings. The maximum atomic E-state index is 3.82. The van der Waals surface area contributed by atoms with Crippen LogP contribution in [0, 0.1) is 46.3 Å². The van der Waals surface area contributed by atoms with Gasteiger partial charge in [-0.25, -0.2) is 0 Å². The zero-order valence-electron chi connectivity index (χ0n) is 16.0. The van der Waals surface area contributed by atoms with Crippen molar-refractivity contribution in [1.29, 1.82) is 0 Å². The molecule has 132 valence electrons. The van der Waals surface area contributed by atoms with E-state index in [4.69, 9.17) is 0 Å². The van der Waals surface area contributed by atoms with Gasteiger partial charge in [-0.05, 0) is 60.8 Å². The Kier molecular flexibility index (Phi) is 4.00. The van der Waals surface area contributed by atoms with Gasteiger partial charge in [0.2, 0.25) is 0 Å². The molecule has 0 aromatic carbocycles. The molecule has 2 saturated carbocycles. The molecule has 0 aromatic rings. The first-order chi connectivity index (χ1) is 11.5. The summed E-state index contributed by atoms with van der Waals surface area (Å²) in [5, 5.41) is 1.09. The van der Waals surface area contributed by atoms with E-state index in [1.165, 1.54) is 19.3 Å². The monoisotopic (exact) mass is 388 g/mol. The lowest BCUT2D eigenvalue weighted by Gasteiger charge is -2.44. The third-order valence-corrected chi connectivity index (χ3v) is 9.08. The average molecular weight is 389 g/mol. The molecule has 7 atom stereocenters. The lowest BCUT2D eigenvalue weighted by Crippen LogP contribution is -2.36. The van der Waals surface area contributed by atoms with Crippen LogP contribution in [0.1, 0.15) is 53.9 Å². The number of alkyl halides is 1. The normalized spacial score (nSPS) is 46.8. The first-order valence-electron chi connectivity index (χ1n) is 10.1. The van der Waals surface area contributed by atoms with E-state index in [2.05, 4.69) is 74.9 Å². The fourth-order valence-corrected chi connectivity index (χ4v) is 8.17. The van der Waals surface area contributed by atoms with Gasteiger partial charge >= 0.3 is 0 Å². The molecule has 7 unspecified atom stereocenters. The minimum Gasteiger partial charge on any atom is -0.0921 e. The minimum atomic E-state index is 0.498. The van der Waals surface area contributed by atoms with Crippen LogP contribution in [-0.4, -0.2) is 5.33 Å². The predicted octanol–water partition coefficient (Wildman–Crippen LogP) is 6.78. The molecular formula is C23H33Br. The number of hydrogen-bond donors (Lipinski definition) is 0. The lowest BCUT2D eigenvalue weighted by molar-refractivity contribution is 0.137. The standard InChI is InChI=1S/C23H33Br/c1-6-17-12-23-16(5)19(20(13-24)14(2)3)10-9-18-15(4)8-7-11-22(17,23)21(18)23/h7,9-11,14-15,17-18,20-21H,6,8,12-13H2,1-5H3. The van der Waals surface area contributed by atoms with Gasteiger partial charge in [-0.3, -0.25) is 0 Å². The zero-order chi connectivity index (χ0) is 17.3. The van der Waals surface area contributed by atoms with Gasteiger partial charge in [0.1, 0.15) is 0 Å². The Labute approximate surface area is 157 Å². The highest BCUT2D eigenvalue weighted by Crippen LogP contribution is 2.91. The molecule has 0 N–H and O–H groups in total. The summed E-state index contributed by atoms with van der Waals surface area (Å²) in [6.45, 7) is 12.1. The minimum absolute atomic E-state index is 0.498. The average Bonchev–Trinajstić information content (AvgIpc) is 3.09. The van der Waals surface area contributed by atoms with Crippen molar-refractivity contribution in [2.24, 2.45) is 46.3 Å². The second-order valence-corrected chi connectivity index (χ2v) is 9.98. The van der Waals surface area contributed by atoms with Crippen molar-refractivity contribution in [2.45, 2.75) is 53.9 Å². The van der Waals surface area contributed by atoms with E-state index in [1.54, 1.807) is 11.1 Å². The van der Waals surface area contributed by atoms with E-state index < -0.39 is 0 Å². The van der Waals surface area contributed by atoms with Crippen LogP contribution in [0.15, 0.2) is 35.5 Å². The maximum absolute atomic E-state index is 3.82. The molecule has 0 radical (unpaired) electrons. The molecule has 0 saturated heterocycles. The van der Waals surface area contributed by atoms with Gasteiger partial charge in [-0.15, -0.1) is 0 Å². The van der Waals surface area contributed by atoms with E-state index >= 15 is 0 Å². The van der Waals surface area contributed by atoms with Crippen molar-refractivity contribution >= 4 is 15.9 Å². The van der Waals surface area contributed by atoms with Gasteiger partial charge in [-0.1, -0.05) is 79.9 Å². The largest absolute Gasteiger partial charge is 0.0921 e. The van der Waals surface area contributed by atoms with Gasteiger partial charge in [0.15, 0.2) is 0 Å². The summed E-state index contributed by atoms with van der Waals surface area (Å²) in [6, 6.07) is 0. The third-order valence-electron chi connectivity index (χ3n) is 8.39. The van der Waals surface area contributed by atoms with Gasteiger partial charge in [0.05, 0.1) is 0 Å². The van der Waals surface area contributed by atoms with Crippen molar-refractivity contribution in [3.63, 3.8) is 0 Å². The highest BCUT2D eigenvalue weighted by atomic mass is 79.9. The first-order valence-corrected chi connectivity index (χ1v) is 11.2. The Bertz CT molecular complexity index is 624. The van der Waals surface area contributed by atoms with Gasteiger partial charge < -0.3 is 0 Å². The van der Waals surface area contributed by atoms with Crippen molar-refractivity contribution in [3.05, 3.63) is 35.5 Å². The highest BCUT2D eigenvalue weighted by molar-refractivity contribution is 9.09. The number of rotatable bonds is 4. The smallest absolute Gasteiger partial charge is 0.0103 e. The van der Waals surface area contributed by atoms with E-state index in [0.717, 1.165) is 29.0 Å². The van der Waals surface area contributed by atoms with Gasteiger partial charge in [-0.2, -0.15) is 0 Å². The second-order valence-electron chi connectivity index (χ2n) is 9.33. The highest BCUT2D eigenvalue weighted by Gasteiger charge is 2.86. The Morgan fingerprint density at radius 2 is 2.08 bits per heavy atom. The molecule has 0 bridgehead atoms. The summed E-state index contributed by atoms with van der Waals surface area (Å²) in [5.41, 5.74) is 4.41. The Hall–Kier alpha value is -0.300. The number of halogens is 1. The van der Waals surface area contributed by atoms with Crippen LogP contribution in [0.3, 0.4) is 0 Å².